The fourth-order valence-electron chi connectivity index (χ4n) is 4.96. The number of ketones is 1. The van der Waals surface area contributed by atoms with Crippen molar-refractivity contribution in [3.63, 3.8) is 0 Å². The molecular formula is C26H23FN2O3. The summed E-state index contributed by atoms with van der Waals surface area (Å²) in [5.41, 5.74) is 11.9. The number of ether oxygens (including phenoxy) is 1. The van der Waals surface area contributed by atoms with Gasteiger partial charge in [0.05, 0.1) is 0 Å². The molecule has 162 valence electrons. The van der Waals surface area contributed by atoms with Gasteiger partial charge in [-0.2, -0.15) is 0 Å². The Morgan fingerprint density at radius 2 is 1.72 bits per heavy atom. The third-order valence-electron chi connectivity index (χ3n) is 6.51. The lowest BCUT2D eigenvalue weighted by Gasteiger charge is -2.27. The van der Waals surface area contributed by atoms with E-state index >= 15 is 0 Å². The van der Waals surface area contributed by atoms with E-state index in [0.717, 1.165) is 22.3 Å². The number of amides is 1. The van der Waals surface area contributed by atoms with Gasteiger partial charge >= 0.3 is 6.09 Å². The molecule has 0 radical (unpaired) electrons. The van der Waals surface area contributed by atoms with Gasteiger partial charge in [0.2, 0.25) is 0 Å². The van der Waals surface area contributed by atoms with E-state index in [1.807, 2.05) is 24.3 Å². The second-order valence-electron chi connectivity index (χ2n) is 8.42. The van der Waals surface area contributed by atoms with Crippen LogP contribution in [0.25, 0.3) is 11.1 Å². The average Bonchev–Trinajstić information content (AvgIpc) is 3.09. The van der Waals surface area contributed by atoms with Crippen LogP contribution in [0.3, 0.4) is 0 Å². The van der Waals surface area contributed by atoms with Crippen molar-refractivity contribution in [1.29, 1.82) is 0 Å². The van der Waals surface area contributed by atoms with E-state index in [0.29, 0.717) is 23.1 Å². The molecule has 5 nitrogen and oxygen atoms in total. The summed E-state index contributed by atoms with van der Waals surface area (Å²) >= 11 is 0. The van der Waals surface area contributed by atoms with Crippen LogP contribution in [0.15, 0.2) is 54.6 Å². The highest BCUT2D eigenvalue weighted by Gasteiger charge is 2.32. The van der Waals surface area contributed by atoms with Crippen molar-refractivity contribution in [2.75, 3.05) is 12.3 Å². The van der Waals surface area contributed by atoms with E-state index in [1.54, 1.807) is 6.92 Å². The van der Waals surface area contributed by atoms with Crippen LogP contribution in [0, 0.1) is 12.7 Å². The predicted molar refractivity (Wildman–Crippen MR) is 120 cm³/mol. The minimum absolute atomic E-state index is 0.0435. The summed E-state index contributed by atoms with van der Waals surface area (Å²) in [6, 6.07) is 16.9. The SMILES string of the molecule is Cc1c(F)cc(N)c2c1CC(NC(=O)OCC1c3ccccc3-c3ccccc31)CC2=O. The Balaban J connectivity index is 1.29. The molecule has 1 atom stereocenters. The predicted octanol–water partition coefficient (Wildman–Crippen LogP) is 4.75. The van der Waals surface area contributed by atoms with Crippen LogP contribution in [0.4, 0.5) is 14.9 Å². The fraction of sp³-hybridized carbons (Fsp3) is 0.231. The maximum Gasteiger partial charge on any atom is 0.407 e. The highest BCUT2D eigenvalue weighted by atomic mass is 19.1. The number of carbonyl (C=O) groups is 2. The minimum atomic E-state index is -0.588. The molecular weight excluding hydrogens is 407 g/mol. The van der Waals surface area contributed by atoms with Crippen molar-refractivity contribution in [2.45, 2.75) is 31.7 Å². The molecule has 0 spiro atoms. The second-order valence-corrected chi connectivity index (χ2v) is 8.42. The molecule has 0 bridgehead atoms. The van der Waals surface area contributed by atoms with Crippen LogP contribution in [0.5, 0.6) is 0 Å². The number of Topliss-reactive ketones (excluding diaryl/α,β-unsaturated/α-hetero) is 1. The number of anilines is 1. The van der Waals surface area contributed by atoms with Crippen molar-refractivity contribution >= 4 is 17.6 Å². The van der Waals surface area contributed by atoms with Gasteiger partial charge < -0.3 is 15.8 Å². The largest absolute Gasteiger partial charge is 0.449 e. The topological polar surface area (TPSA) is 81.4 Å². The van der Waals surface area contributed by atoms with Gasteiger partial charge in [-0.3, -0.25) is 4.79 Å². The standard InChI is InChI=1S/C26H23FN2O3/c1-14-20-10-15(11-24(30)25(20)23(28)12-22(14)27)29-26(31)32-13-21-18-8-4-2-6-16(18)17-7-3-5-9-19(17)21/h2-9,12,15,21H,10-11,13,28H2,1H3,(H,29,31). The molecule has 3 aromatic rings. The Labute approximate surface area is 185 Å². The van der Waals surface area contributed by atoms with Crippen molar-refractivity contribution in [2.24, 2.45) is 0 Å². The maximum atomic E-state index is 14.1. The number of nitrogen functional groups attached to an aromatic ring is 1. The summed E-state index contributed by atoms with van der Waals surface area (Å²) in [5, 5.41) is 2.78. The van der Waals surface area contributed by atoms with E-state index in [2.05, 4.69) is 29.6 Å². The number of alkyl carbamates (subject to hydrolysis) is 1. The van der Waals surface area contributed by atoms with Crippen LogP contribution in [-0.4, -0.2) is 24.5 Å². The Kier molecular flexibility index (Phi) is 4.93. The van der Waals surface area contributed by atoms with Crippen molar-refractivity contribution in [3.05, 3.63) is 88.2 Å². The summed E-state index contributed by atoms with van der Waals surface area (Å²) in [4.78, 5) is 25.2. The molecule has 0 heterocycles. The quantitative estimate of drug-likeness (QED) is 0.588. The number of hydrogen-bond donors (Lipinski definition) is 2. The van der Waals surface area contributed by atoms with Crippen molar-refractivity contribution in [3.8, 4) is 11.1 Å². The summed E-state index contributed by atoms with van der Waals surface area (Å²) in [6.45, 7) is 1.81. The third kappa shape index (κ3) is 3.32. The van der Waals surface area contributed by atoms with Gasteiger partial charge in [-0.1, -0.05) is 48.5 Å². The molecule has 2 aliphatic rings. The minimum Gasteiger partial charge on any atom is -0.449 e. The maximum absolute atomic E-state index is 14.1. The fourth-order valence-corrected chi connectivity index (χ4v) is 4.96. The zero-order valence-electron chi connectivity index (χ0n) is 17.7. The first-order valence-electron chi connectivity index (χ1n) is 10.7. The third-order valence-corrected chi connectivity index (χ3v) is 6.51. The highest BCUT2D eigenvalue weighted by molar-refractivity contribution is 6.04. The molecule has 6 heteroatoms. The molecule has 3 aromatic carbocycles. The number of benzene rings is 3. The number of fused-ring (bicyclic) bond motifs is 4. The summed E-state index contributed by atoms with van der Waals surface area (Å²) in [6.07, 6.45) is -0.152. The van der Waals surface area contributed by atoms with E-state index in [-0.39, 0.29) is 30.4 Å². The van der Waals surface area contributed by atoms with Crippen LogP contribution >= 0.6 is 0 Å². The second kappa shape index (κ2) is 7.79. The van der Waals surface area contributed by atoms with Crippen molar-refractivity contribution < 1.29 is 18.7 Å². The van der Waals surface area contributed by atoms with Gasteiger partial charge in [-0.05, 0) is 52.8 Å². The van der Waals surface area contributed by atoms with Crippen LogP contribution in [0.2, 0.25) is 0 Å². The molecule has 1 unspecified atom stereocenters. The van der Waals surface area contributed by atoms with Gasteiger partial charge in [0, 0.05) is 29.6 Å². The van der Waals surface area contributed by atoms with Crippen LogP contribution in [-0.2, 0) is 11.2 Å². The van der Waals surface area contributed by atoms with Crippen LogP contribution in [0.1, 0.15) is 45.0 Å². The van der Waals surface area contributed by atoms with Crippen molar-refractivity contribution in [1.82, 2.24) is 5.32 Å². The number of nitrogens with two attached hydrogens (primary N) is 1. The Bertz CT molecular complexity index is 1210. The van der Waals surface area contributed by atoms with E-state index in [4.69, 9.17) is 10.5 Å². The average molecular weight is 430 g/mol. The highest BCUT2D eigenvalue weighted by Crippen LogP contribution is 2.44. The first-order chi connectivity index (χ1) is 15.4. The number of rotatable bonds is 3. The molecule has 0 saturated carbocycles. The molecule has 32 heavy (non-hydrogen) atoms. The molecule has 0 aliphatic heterocycles. The molecule has 5 rings (SSSR count). The lowest BCUT2D eigenvalue weighted by molar-refractivity contribution is 0.0953. The van der Waals surface area contributed by atoms with Gasteiger partial charge in [-0.25, -0.2) is 9.18 Å². The van der Waals surface area contributed by atoms with Gasteiger partial charge in [0.1, 0.15) is 12.4 Å². The van der Waals surface area contributed by atoms with E-state index < -0.39 is 18.0 Å². The molecule has 0 aromatic heterocycles. The first kappa shape index (κ1) is 20.2. The lowest BCUT2D eigenvalue weighted by Crippen LogP contribution is -2.42. The zero-order valence-corrected chi connectivity index (χ0v) is 17.7. The normalized spacial score (nSPS) is 16.8. The molecule has 1 amide bonds. The molecule has 2 aliphatic carbocycles. The first-order valence-corrected chi connectivity index (χ1v) is 10.7. The van der Waals surface area contributed by atoms with E-state index in [9.17, 15) is 14.0 Å². The van der Waals surface area contributed by atoms with E-state index in [1.165, 1.54) is 6.07 Å². The molecule has 3 N–H and O–H groups in total. The number of halogens is 1. The number of carbonyl (C=O) groups excluding carboxylic acids is 2. The monoisotopic (exact) mass is 430 g/mol. The van der Waals surface area contributed by atoms with Crippen LogP contribution < -0.4 is 11.1 Å². The lowest BCUT2D eigenvalue weighted by atomic mass is 9.83. The van der Waals surface area contributed by atoms with Gasteiger partial charge in [0.25, 0.3) is 0 Å². The summed E-state index contributed by atoms with van der Waals surface area (Å²) in [7, 11) is 0. The Morgan fingerprint density at radius 1 is 1.09 bits per heavy atom. The summed E-state index contributed by atoms with van der Waals surface area (Å²) < 4.78 is 19.7. The molecule has 0 saturated heterocycles. The summed E-state index contributed by atoms with van der Waals surface area (Å²) in [5.74, 6) is -0.690. The van der Waals surface area contributed by atoms with Gasteiger partial charge in [-0.15, -0.1) is 0 Å². The number of hydrogen-bond acceptors (Lipinski definition) is 4. The number of nitrogens with one attached hydrogen (secondary N) is 1. The van der Waals surface area contributed by atoms with Gasteiger partial charge in [0.15, 0.2) is 5.78 Å². The Morgan fingerprint density at radius 3 is 2.38 bits per heavy atom. The smallest absolute Gasteiger partial charge is 0.407 e. The Hall–Kier alpha value is -3.67. The zero-order chi connectivity index (χ0) is 22.4. The molecule has 0 fully saturated rings.